The number of fused-ring (bicyclic) bond motifs is 1. The number of amides is 1. The van der Waals surface area contributed by atoms with Gasteiger partial charge in [-0.05, 0) is 48.9 Å². The lowest BCUT2D eigenvalue weighted by molar-refractivity contribution is 0.0303. The number of halogens is 1. The number of carbonyl (C=O) groups is 1. The highest BCUT2D eigenvalue weighted by atomic mass is 35.5. The Labute approximate surface area is 166 Å². The SMILES string of the molecule is Cl.NC1CCC2CN(S(=O)(=O)c3ccc(C(=O)N4CCOCC4)cc3)CC12. The molecule has 150 valence electrons. The van der Waals surface area contributed by atoms with Crippen LogP contribution in [0.1, 0.15) is 23.2 Å². The molecule has 3 atom stereocenters. The van der Waals surface area contributed by atoms with E-state index >= 15 is 0 Å². The van der Waals surface area contributed by atoms with E-state index in [9.17, 15) is 13.2 Å². The highest BCUT2D eigenvalue weighted by Gasteiger charge is 2.45. The van der Waals surface area contributed by atoms with Gasteiger partial charge in [0.05, 0.1) is 18.1 Å². The van der Waals surface area contributed by atoms with Crippen LogP contribution in [0.5, 0.6) is 0 Å². The van der Waals surface area contributed by atoms with E-state index in [1.807, 2.05) is 0 Å². The fourth-order valence-corrected chi connectivity index (χ4v) is 5.86. The molecule has 1 saturated carbocycles. The van der Waals surface area contributed by atoms with Crippen LogP contribution < -0.4 is 5.73 Å². The Kier molecular flexibility index (Phi) is 6.12. The minimum Gasteiger partial charge on any atom is -0.378 e. The molecule has 0 spiro atoms. The van der Waals surface area contributed by atoms with Crippen molar-refractivity contribution >= 4 is 28.3 Å². The summed E-state index contributed by atoms with van der Waals surface area (Å²) in [5.41, 5.74) is 6.62. The number of sulfonamides is 1. The first kappa shape index (κ1) is 20.5. The molecule has 3 aliphatic rings. The second-order valence-corrected chi connectivity index (χ2v) is 9.35. The fraction of sp³-hybridized carbons (Fsp3) is 0.611. The van der Waals surface area contributed by atoms with Crippen molar-refractivity contribution < 1.29 is 17.9 Å². The van der Waals surface area contributed by atoms with Crippen LogP contribution in [0.4, 0.5) is 0 Å². The number of morpholine rings is 1. The summed E-state index contributed by atoms with van der Waals surface area (Å²) in [5.74, 6) is 0.563. The molecule has 0 bridgehead atoms. The molecule has 2 N–H and O–H groups in total. The van der Waals surface area contributed by atoms with E-state index in [2.05, 4.69) is 0 Å². The molecular weight excluding hydrogens is 390 g/mol. The lowest BCUT2D eigenvalue weighted by Gasteiger charge is -2.27. The summed E-state index contributed by atoms with van der Waals surface area (Å²) in [4.78, 5) is 14.5. The predicted octanol–water partition coefficient (Wildman–Crippen LogP) is 0.939. The van der Waals surface area contributed by atoms with Crippen LogP contribution in [-0.4, -0.2) is 69.0 Å². The average molecular weight is 416 g/mol. The van der Waals surface area contributed by atoms with Crippen LogP contribution in [0, 0.1) is 11.8 Å². The number of benzene rings is 1. The van der Waals surface area contributed by atoms with Gasteiger partial charge in [-0.15, -0.1) is 12.4 Å². The van der Waals surface area contributed by atoms with E-state index in [0.29, 0.717) is 50.9 Å². The monoisotopic (exact) mass is 415 g/mol. The molecule has 4 rings (SSSR count). The molecule has 7 nitrogen and oxygen atoms in total. The van der Waals surface area contributed by atoms with Crippen molar-refractivity contribution in [2.24, 2.45) is 17.6 Å². The van der Waals surface area contributed by atoms with Crippen molar-refractivity contribution in [3.8, 4) is 0 Å². The van der Waals surface area contributed by atoms with Crippen molar-refractivity contribution in [3.63, 3.8) is 0 Å². The highest BCUT2D eigenvalue weighted by Crippen LogP contribution is 2.39. The summed E-state index contributed by atoms with van der Waals surface area (Å²) < 4.78 is 32.7. The molecule has 2 heterocycles. The summed E-state index contributed by atoms with van der Waals surface area (Å²) in [7, 11) is -3.54. The maximum atomic E-state index is 12.9. The molecule has 1 aromatic rings. The summed E-state index contributed by atoms with van der Waals surface area (Å²) in [6.07, 6.45) is 1.99. The number of nitrogens with two attached hydrogens (primary N) is 1. The summed E-state index contributed by atoms with van der Waals surface area (Å²) in [6, 6.07) is 6.39. The largest absolute Gasteiger partial charge is 0.378 e. The van der Waals surface area contributed by atoms with E-state index in [1.54, 1.807) is 21.3 Å². The van der Waals surface area contributed by atoms with E-state index < -0.39 is 10.0 Å². The Hall–Kier alpha value is -1.19. The summed E-state index contributed by atoms with van der Waals surface area (Å²) in [6.45, 7) is 3.26. The molecule has 9 heteroatoms. The molecule has 27 heavy (non-hydrogen) atoms. The molecule has 2 saturated heterocycles. The van der Waals surface area contributed by atoms with Crippen molar-refractivity contribution in [2.75, 3.05) is 39.4 Å². The first-order valence-corrected chi connectivity index (χ1v) is 10.6. The van der Waals surface area contributed by atoms with Gasteiger partial charge in [-0.1, -0.05) is 0 Å². The lowest BCUT2D eigenvalue weighted by Crippen LogP contribution is -2.40. The molecule has 3 unspecified atom stereocenters. The topological polar surface area (TPSA) is 92.9 Å². The third-order valence-electron chi connectivity index (χ3n) is 5.92. The number of hydrogen-bond donors (Lipinski definition) is 1. The Morgan fingerprint density at radius 3 is 2.37 bits per heavy atom. The Morgan fingerprint density at radius 2 is 1.74 bits per heavy atom. The maximum Gasteiger partial charge on any atom is 0.254 e. The Bertz CT molecular complexity index is 780. The van der Waals surface area contributed by atoms with E-state index in [4.69, 9.17) is 10.5 Å². The highest BCUT2D eigenvalue weighted by molar-refractivity contribution is 7.89. The van der Waals surface area contributed by atoms with Crippen molar-refractivity contribution in [2.45, 2.75) is 23.8 Å². The quantitative estimate of drug-likeness (QED) is 0.793. The minimum absolute atomic E-state index is 0. The molecule has 2 aliphatic heterocycles. The summed E-state index contributed by atoms with van der Waals surface area (Å²) in [5, 5.41) is 0. The lowest BCUT2D eigenvalue weighted by atomic mass is 9.98. The zero-order valence-electron chi connectivity index (χ0n) is 15.1. The van der Waals surface area contributed by atoms with Gasteiger partial charge in [0.1, 0.15) is 0 Å². The molecule has 3 fully saturated rings. The zero-order chi connectivity index (χ0) is 18.3. The first-order chi connectivity index (χ1) is 12.5. The van der Waals surface area contributed by atoms with Crippen molar-refractivity contribution in [3.05, 3.63) is 29.8 Å². The van der Waals surface area contributed by atoms with Crippen LogP contribution in [0.15, 0.2) is 29.2 Å². The molecule has 0 aromatic heterocycles. The maximum absolute atomic E-state index is 12.9. The number of carbonyl (C=O) groups excluding carboxylic acids is 1. The van der Waals surface area contributed by atoms with Crippen LogP contribution in [0.25, 0.3) is 0 Å². The molecule has 1 aliphatic carbocycles. The standard InChI is InChI=1S/C18H25N3O4S.ClH/c19-17-6-3-14-11-21(12-16(14)17)26(23,24)15-4-1-13(2-5-15)18(22)20-7-9-25-10-8-20;/h1-2,4-5,14,16-17H,3,6-12,19H2;1H. The first-order valence-electron chi connectivity index (χ1n) is 9.19. The third kappa shape index (κ3) is 3.86. The second kappa shape index (κ2) is 8.05. The number of nitrogens with zero attached hydrogens (tertiary/aromatic N) is 2. The third-order valence-corrected chi connectivity index (χ3v) is 7.76. The van der Waals surface area contributed by atoms with Gasteiger partial charge in [-0.25, -0.2) is 8.42 Å². The fourth-order valence-electron chi connectivity index (χ4n) is 4.33. The van der Waals surface area contributed by atoms with Gasteiger partial charge in [-0.2, -0.15) is 4.31 Å². The van der Waals surface area contributed by atoms with Gasteiger partial charge in [-0.3, -0.25) is 4.79 Å². The van der Waals surface area contributed by atoms with E-state index in [0.717, 1.165) is 12.8 Å². The van der Waals surface area contributed by atoms with Gasteiger partial charge in [0.15, 0.2) is 0 Å². The van der Waals surface area contributed by atoms with Crippen LogP contribution in [-0.2, 0) is 14.8 Å². The van der Waals surface area contributed by atoms with Crippen molar-refractivity contribution in [1.29, 1.82) is 0 Å². The van der Waals surface area contributed by atoms with Gasteiger partial charge in [0.25, 0.3) is 5.91 Å². The van der Waals surface area contributed by atoms with E-state index in [1.165, 1.54) is 12.1 Å². The van der Waals surface area contributed by atoms with Gasteiger partial charge in [0, 0.05) is 37.8 Å². The van der Waals surface area contributed by atoms with Crippen molar-refractivity contribution in [1.82, 2.24) is 9.21 Å². The van der Waals surface area contributed by atoms with Gasteiger partial charge in [0.2, 0.25) is 10.0 Å². The number of hydrogen-bond acceptors (Lipinski definition) is 5. The van der Waals surface area contributed by atoms with Gasteiger partial charge >= 0.3 is 0 Å². The van der Waals surface area contributed by atoms with Crippen LogP contribution in [0.2, 0.25) is 0 Å². The zero-order valence-corrected chi connectivity index (χ0v) is 16.8. The molecule has 0 radical (unpaired) electrons. The minimum atomic E-state index is -3.54. The normalized spacial score (nSPS) is 28.6. The van der Waals surface area contributed by atoms with Crippen LogP contribution >= 0.6 is 12.4 Å². The molecular formula is C18H26ClN3O4S. The average Bonchev–Trinajstić information content (AvgIpc) is 3.25. The summed E-state index contributed by atoms with van der Waals surface area (Å²) >= 11 is 0. The smallest absolute Gasteiger partial charge is 0.254 e. The van der Waals surface area contributed by atoms with Gasteiger partial charge < -0.3 is 15.4 Å². The van der Waals surface area contributed by atoms with Crippen LogP contribution in [0.3, 0.4) is 0 Å². The number of ether oxygens (including phenoxy) is 1. The Morgan fingerprint density at radius 1 is 1.07 bits per heavy atom. The Balaban J connectivity index is 0.00000210. The predicted molar refractivity (Wildman–Crippen MR) is 103 cm³/mol. The molecule has 1 amide bonds. The second-order valence-electron chi connectivity index (χ2n) is 7.42. The molecule has 1 aromatic carbocycles. The van der Waals surface area contributed by atoms with E-state index in [-0.39, 0.29) is 35.2 Å². The number of rotatable bonds is 3.